The minimum absolute atomic E-state index is 0.188. The van der Waals surface area contributed by atoms with E-state index in [-0.39, 0.29) is 5.91 Å². The Morgan fingerprint density at radius 3 is 3.19 bits per heavy atom. The molecule has 3 heterocycles. The molecule has 1 saturated heterocycles. The van der Waals surface area contributed by atoms with Gasteiger partial charge in [0, 0.05) is 25.7 Å². The van der Waals surface area contributed by atoms with Crippen molar-refractivity contribution in [2.45, 2.75) is 32.7 Å². The molecule has 0 spiro atoms. The Kier molecular flexibility index (Phi) is 3.92. The van der Waals surface area contributed by atoms with Crippen molar-refractivity contribution < 1.29 is 4.79 Å². The third-order valence-electron chi connectivity index (χ3n) is 4.29. The monoisotopic (exact) mass is 286 g/mol. The summed E-state index contributed by atoms with van der Waals surface area (Å²) in [5.41, 5.74) is 8.74. The highest BCUT2D eigenvalue weighted by atomic mass is 16.1. The molecule has 21 heavy (non-hydrogen) atoms. The van der Waals surface area contributed by atoms with Gasteiger partial charge in [-0.15, -0.1) is 0 Å². The number of rotatable bonds is 4. The zero-order valence-electron chi connectivity index (χ0n) is 12.5. The number of amides is 1. The average molecular weight is 286 g/mol. The van der Waals surface area contributed by atoms with Crippen molar-refractivity contribution in [3.8, 4) is 0 Å². The predicted octanol–water partition coefficient (Wildman–Crippen LogP) is 1.73. The maximum atomic E-state index is 11.1. The number of pyridine rings is 1. The lowest BCUT2D eigenvalue weighted by molar-refractivity contribution is -0.119. The van der Waals surface area contributed by atoms with Gasteiger partial charge < -0.3 is 10.1 Å². The van der Waals surface area contributed by atoms with Gasteiger partial charge in [-0.25, -0.2) is 4.98 Å². The maximum Gasteiger partial charge on any atom is 0.217 e. The summed E-state index contributed by atoms with van der Waals surface area (Å²) in [7, 11) is 0. The van der Waals surface area contributed by atoms with Crippen molar-refractivity contribution in [3.05, 3.63) is 35.8 Å². The molecule has 1 aliphatic heterocycles. The van der Waals surface area contributed by atoms with E-state index in [4.69, 9.17) is 5.73 Å². The molecular formula is C16H22N4O. The number of aromatic nitrogens is 2. The van der Waals surface area contributed by atoms with Gasteiger partial charge in [0.1, 0.15) is 5.65 Å². The molecule has 112 valence electrons. The fraction of sp³-hybridized carbons (Fsp3) is 0.500. The smallest absolute Gasteiger partial charge is 0.217 e. The molecule has 5 nitrogen and oxygen atoms in total. The largest absolute Gasteiger partial charge is 0.370 e. The van der Waals surface area contributed by atoms with Crippen molar-refractivity contribution in [3.63, 3.8) is 0 Å². The molecule has 1 aliphatic rings. The Morgan fingerprint density at radius 2 is 2.38 bits per heavy atom. The Labute approximate surface area is 124 Å². The zero-order valence-corrected chi connectivity index (χ0v) is 12.5. The van der Waals surface area contributed by atoms with Crippen LogP contribution in [0.4, 0.5) is 0 Å². The van der Waals surface area contributed by atoms with Crippen molar-refractivity contribution in [1.29, 1.82) is 0 Å². The van der Waals surface area contributed by atoms with Gasteiger partial charge in [-0.3, -0.25) is 9.69 Å². The molecule has 0 bridgehead atoms. The van der Waals surface area contributed by atoms with Crippen LogP contribution in [0, 0.1) is 12.8 Å². The van der Waals surface area contributed by atoms with Crippen LogP contribution in [0.15, 0.2) is 24.5 Å². The average Bonchev–Trinajstić information content (AvgIpc) is 2.83. The van der Waals surface area contributed by atoms with Crippen LogP contribution >= 0.6 is 0 Å². The van der Waals surface area contributed by atoms with Gasteiger partial charge >= 0.3 is 0 Å². The van der Waals surface area contributed by atoms with E-state index in [2.05, 4.69) is 39.5 Å². The zero-order chi connectivity index (χ0) is 14.8. The highest BCUT2D eigenvalue weighted by Gasteiger charge is 2.22. The minimum Gasteiger partial charge on any atom is -0.370 e. The first-order chi connectivity index (χ1) is 10.1. The second-order valence-corrected chi connectivity index (χ2v) is 6.05. The highest BCUT2D eigenvalue weighted by Crippen LogP contribution is 2.21. The molecule has 1 atom stereocenters. The number of aryl methyl sites for hydroxylation is 1. The summed E-state index contributed by atoms with van der Waals surface area (Å²) in [5, 5.41) is 0. The Hall–Kier alpha value is -1.88. The molecule has 0 saturated carbocycles. The van der Waals surface area contributed by atoms with Crippen molar-refractivity contribution in [2.24, 2.45) is 11.7 Å². The molecule has 1 unspecified atom stereocenters. The number of hydrogen-bond donors (Lipinski definition) is 1. The van der Waals surface area contributed by atoms with Gasteiger partial charge in [0.05, 0.1) is 11.9 Å². The second kappa shape index (κ2) is 5.85. The summed E-state index contributed by atoms with van der Waals surface area (Å²) in [4.78, 5) is 18.0. The number of carbonyl (C=O) groups excluding carboxylic acids is 1. The molecule has 0 aromatic carbocycles. The topological polar surface area (TPSA) is 63.6 Å². The molecule has 3 rings (SSSR count). The molecule has 1 amide bonds. The van der Waals surface area contributed by atoms with Gasteiger partial charge in [-0.05, 0) is 43.9 Å². The molecule has 2 aromatic rings. The first kappa shape index (κ1) is 14.1. The van der Waals surface area contributed by atoms with E-state index < -0.39 is 0 Å². The van der Waals surface area contributed by atoms with Crippen LogP contribution in [0.25, 0.3) is 5.65 Å². The normalized spacial score (nSPS) is 20.0. The number of nitrogens with zero attached hydrogens (tertiary/aromatic N) is 3. The van der Waals surface area contributed by atoms with E-state index in [1.54, 1.807) is 0 Å². The standard InChI is InChI=1S/C16H22N4O/c1-12-4-2-7-20-14(9-18-16(12)20)11-19-6-3-5-13(10-19)8-15(17)21/h2,4,7,9,13H,3,5-6,8,10-11H2,1H3,(H2,17,21). The summed E-state index contributed by atoms with van der Waals surface area (Å²) in [5.74, 6) is 0.212. The van der Waals surface area contributed by atoms with Gasteiger partial charge in [0.15, 0.2) is 0 Å². The first-order valence-electron chi connectivity index (χ1n) is 7.55. The molecule has 2 N–H and O–H groups in total. The fourth-order valence-corrected chi connectivity index (χ4v) is 3.29. The quantitative estimate of drug-likeness (QED) is 0.931. The molecule has 1 fully saturated rings. The Balaban J connectivity index is 1.73. The number of nitrogens with two attached hydrogens (primary N) is 1. The lowest BCUT2D eigenvalue weighted by Gasteiger charge is -2.32. The Morgan fingerprint density at radius 1 is 1.52 bits per heavy atom. The van der Waals surface area contributed by atoms with Gasteiger partial charge in [-0.1, -0.05) is 6.07 Å². The number of imidazole rings is 1. The second-order valence-electron chi connectivity index (χ2n) is 6.05. The van der Waals surface area contributed by atoms with Gasteiger partial charge in [-0.2, -0.15) is 0 Å². The lowest BCUT2D eigenvalue weighted by Crippen LogP contribution is -2.36. The summed E-state index contributed by atoms with van der Waals surface area (Å²) in [6.45, 7) is 4.98. The summed E-state index contributed by atoms with van der Waals surface area (Å²) < 4.78 is 2.16. The number of fused-ring (bicyclic) bond motifs is 1. The van der Waals surface area contributed by atoms with Gasteiger partial charge in [0.2, 0.25) is 5.91 Å². The van der Waals surface area contributed by atoms with E-state index in [9.17, 15) is 4.79 Å². The number of hydrogen-bond acceptors (Lipinski definition) is 3. The van der Waals surface area contributed by atoms with E-state index in [1.165, 1.54) is 11.3 Å². The summed E-state index contributed by atoms with van der Waals surface area (Å²) in [6.07, 6.45) is 6.76. The van der Waals surface area contributed by atoms with Crippen LogP contribution in [0.3, 0.4) is 0 Å². The van der Waals surface area contributed by atoms with Crippen LogP contribution in [-0.4, -0.2) is 33.3 Å². The van der Waals surface area contributed by atoms with Crippen molar-refractivity contribution >= 4 is 11.6 Å². The third-order valence-corrected chi connectivity index (χ3v) is 4.29. The number of piperidine rings is 1. The minimum atomic E-state index is -0.188. The summed E-state index contributed by atoms with van der Waals surface area (Å²) in [6, 6.07) is 4.13. The first-order valence-corrected chi connectivity index (χ1v) is 7.55. The number of carbonyl (C=O) groups is 1. The lowest BCUT2D eigenvalue weighted by atomic mass is 9.94. The van der Waals surface area contributed by atoms with Crippen molar-refractivity contribution in [2.75, 3.05) is 13.1 Å². The fourth-order valence-electron chi connectivity index (χ4n) is 3.29. The summed E-state index contributed by atoms with van der Waals surface area (Å²) >= 11 is 0. The van der Waals surface area contributed by atoms with Crippen LogP contribution in [0.2, 0.25) is 0 Å². The molecule has 2 aromatic heterocycles. The third kappa shape index (κ3) is 3.08. The molecule has 0 aliphatic carbocycles. The van der Waals surface area contributed by atoms with E-state index >= 15 is 0 Å². The highest BCUT2D eigenvalue weighted by molar-refractivity contribution is 5.74. The molecule has 0 radical (unpaired) electrons. The van der Waals surface area contributed by atoms with Crippen LogP contribution in [0.1, 0.15) is 30.5 Å². The Bertz CT molecular complexity index is 649. The number of primary amides is 1. The SMILES string of the molecule is Cc1cccn2c(CN3CCCC(CC(N)=O)C3)cnc12. The van der Waals surface area contributed by atoms with E-state index in [0.717, 1.165) is 38.1 Å². The number of likely N-dealkylation sites (tertiary alicyclic amines) is 1. The van der Waals surface area contributed by atoms with Crippen molar-refractivity contribution in [1.82, 2.24) is 14.3 Å². The van der Waals surface area contributed by atoms with E-state index in [0.29, 0.717) is 12.3 Å². The van der Waals surface area contributed by atoms with Crippen LogP contribution in [-0.2, 0) is 11.3 Å². The van der Waals surface area contributed by atoms with Gasteiger partial charge in [0.25, 0.3) is 0 Å². The van der Waals surface area contributed by atoms with Crippen LogP contribution in [0.5, 0.6) is 0 Å². The molecular weight excluding hydrogens is 264 g/mol. The van der Waals surface area contributed by atoms with E-state index in [1.807, 2.05) is 6.20 Å². The maximum absolute atomic E-state index is 11.1. The molecule has 5 heteroatoms. The predicted molar refractivity (Wildman–Crippen MR) is 81.7 cm³/mol. The van der Waals surface area contributed by atoms with Crippen LogP contribution < -0.4 is 5.73 Å².